The van der Waals surface area contributed by atoms with Crippen LogP contribution in [-0.2, 0) is 4.79 Å². The van der Waals surface area contributed by atoms with Crippen LogP contribution in [0.1, 0.15) is 55.4 Å². The quantitative estimate of drug-likeness (QED) is 0.606. The fraction of sp³-hybridized carbons (Fsp3) is 0.923. The van der Waals surface area contributed by atoms with Crippen LogP contribution in [0.3, 0.4) is 0 Å². The van der Waals surface area contributed by atoms with Crippen molar-refractivity contribution in [2.45, 2.75) is 71.0 Å². The summed E-state index contributed by atoms with van der Waals surface area (Å²) in [6, 6.07) is 0. The van der Waals surface area contributed by atoms with Gasteiger partial charge in [0.25, 0.3) is 0 Å². The Bertz CT molecular complexity index is 234. The minimum Gasteiger partial charge on any atom is -0.430 e. The molecule has 0 aliphatic carbocycles. The van der Waals surface area contributed by atoms with Gasteiger partial charge in [-0.1, -0.05) is 55.4 Å². The zero-order chi connectivity index (χ0) is 13.4. The van der Waals surface area contributed by atoms with Gasteiger partial charge in [-0.15, -0.1) is 0 Å². The molecule has 0 aromatic rings. The highest BCUT2D eigenvalue weighted by atomic mass is 28.4. The van der Waals surface area contributed by atoms with E-state index in [-0.39, 0.29) is 21.5 Å². The van der Waals surface area contributed by atoms with Gasteiger partial charge >= 0.3 is 0 Å². The Morgan fingerprint density at radius 3 is 1.50 bits per heavy atom. The molecule has 0 fully saturated rings. The number of rotatable bonds is 3. The number of aldehydes is 1. The molecule has 0 saturated carbocycles. The summed E-state index contributed by atoms with van der Waals surface area (Å²) in [7, 11) is -2.57. The van der Waals surface area contributed by atoms with Gasteiger partial charge < -0.3 is 9.59 Å². The zero-order valence-corrected chi connectivity index (χ0v) is 13.1. The van der Waals surface area contributed by atoms with Gasteiger partial charge in [-0.2, -0.15) is 0 Å². The first-order chi connectivity index (χ1) is 6.89. The number of hydrogen-bond donors (Lipinski definition) is 1. The Hall–Kier alpha value is -0.153. The van der Waals surface area contributed by atoms with E-state index in [1.807, 2.05) is 13.8 Å². The van der Waals surface area contributed by atoms with Crippen LogP contribution in [0.15, 0.2) is 0 Å². The SMILES string of the molecule is C[C@H](C=O)[C@@H](C)[Si](O)(C(C)(C)C)C(C)(C)C. The molecule has 3 heteroatoms. The fourth-order valence-corrected chi connectivity index (χ4v) is 8.81. The van der Waals surface area contributed by atoms with Crippen LogP contribution in [0.25, 0.3) is 0 Å². The molecular weight excluding hydrogens is 216 g/mol. The van der Waals surface area contributed by atoms with E-state index in [0.29, 0.717) is 0 Å². The van der Waals surface area contributed by atoms with Crippen LogP contribution >= 0.6 is 0 Å². The second-order valence-electron chi connectivity index (χ2n) is 7.05. The lowest BCUT2D eigenvalue weighted by Crippen LogP contribution is -2.56. The predicted molar refractivity (Wildman–Crippen MR) is 72.1 cm³/mol. The molecule has 0 amide bonds. The Kier molecular flexibility index (Phi) is 4.57. The van der Waals surface area contributed by atoms with E-state index in [1.165, 1.54) is 0 Å². The second-order valence-corrected chi connectivity index (χ2v) is 12.5. The average Bonchev–Trinajstić information content (AvgIpc) is 2.10. The monoisotopic (exact) mass is 244 g/mol. The molecule has 1 N–H and O–H groups in total. The Morgan fingerprint density at radius 1 is 1.00 bits per heavy atom. The van der Waals surface area contributed by atoms with Crippen LogP contribution < -0.4 is 0 Å². The molecule has 16 heavy (non-hydrogen) atoms. The summed E-state index contributed by atoms with van der Waals surface area (Å²) in [5.74, 6) is -0.0740. The summed E-state index contributed by atoms with van der Waals surface area (Å²) in [5.41, 5.74) is 0.0741. The van der Waals surface area contributed by atoms with E-state index >= 15 is 0 Å². The van der Waals surface area contributed by atoms with Gasteiger partial charge in [0.1, 0.15) is 6.29 Å². The fourth-order valence-electron chi connectivity index (χ4n) is 2.99. The highest BCUT2D eigenvalue weighted by molar-refractivity contribution is 6.79. The minimum absolute atomic E-state index is 0.0740. The molecule has 0 radical (unpaired) electrons. The summed E-state index contributed by atoms with van der Waals surface area (Å²) >= 11 is 0. The number of hydrogen-bond acceptors (Lipinski definition) is 2. The molecule has 0 aromatic carbocycles. The van der Waals surface area contributed by atoms with Crippen molar-refractivity contribution in [2.24, 2.45) is 5.92 Å². The third-order valence-corrected chi connectivity index (χ3v) is 10.4. The van der Waals surface area contributed by atoms with Gasteiger partial charge in [0, 0.05) is 5.92 Å². The van der Waals surface area contributed by atoms with E-state index in [1.54, 1.807) is 0 Å². The van der Waals surface area contributed by atoms with Crippen molar-refractivity contribution in [3.05, 3.63) is 0 Å². The smallest absolute Gasteiger partial charge is 0.202 e. The second kappa shape index (κ2) is 4.61. The van der Waals surface area contributed by atoms with Crippen molar-refractivity contribution in [1.82, 2.24) is 0 Å². The van der Waals surface area contributed by atoms with Crippen LogP contribution in [0.5, 0.6) is 0 Å². The minimum atomic E-state index is -2.57. The van der Waals surface area contributed by atoms with Crippen LogP contribution in [0.2, 0.25) is 15.6 Å². The first-order valence-electron chi connectivity index (χ1n) is 6.07. The first-order valence-corrected chi connectivity index (χ1v) is 8.09. The molecule has 0 unspecified atom stereocenters. The molecule has 0 aliphatic heterocycles. The highest BCUT2D eigenvalue weighted by Gasteiger charge is 2.56. The average molecular weight is 244 g/mol. The van der Waals surface area contributed by atoms with Gasteiger partial charge in [-0.25, -0.2) is 0 Å². The van der Waals surface area contributed by atoms with Crippen molar-refractivity contribution < 1.29 is 9.59 Å². The molecule has 0 bridgehead atoms. The normalized spacial score (nSPS) is 18.1. The van der Waals surface area contributed by atoms with Gasteiger partial charge in [0.05, 0.1) is 0 Å². The number of carbonyl (C=O) groups excluding carboxylic acids is 1. The molecule has 96 valence electrons. The Balaban J connectivity index is 5.52. The lowest BCUT2D eigenvalue weighted by Gasteiger charge is -2.51. The van der Waals surface area contributed by atoms with Crippen molar-refractivity contribution >= 4 is 14.6 Å². The maximum Gasteiger partial charge on any atom is 0.202 e. The molecule has 0 rings (SSSR count). The van der Waals surface area contributed by atoms with Crippen LogP contribution in [-0.4, -0.2) is 19.4 Å². The molecule has 2 nitrogen and oxygen atoms in total. The summed E-state index contributed by atoms with van der Waals surface area (Å²) in [4.78, 5) is 22.2. The molecule has 0 spiro atoms. The largest absolute Gasteiger partial charge is 0.430 e. The van der Waals surface area contributed by atoms with Gasteiger partial charge in [0.15, 0.2) is 0 Å². The van der Waals surface area contributed by atoms with E-state index in [2.05, 4.69) is 41.5 Å². The highest BCUT2D eigenvalue weighted by Crippen LogP contribution is 2.56. The summed E-state index contributed by atoms with van der Waals surface area (Å²) in [5, 5.41) is -0.246. The standard InChI is InChI=1S/C13H28O2Si/c1-10(9-14)11(2)16(15,12(3,4)5)13(6,7)8/h9-11,15H,1-8H3/t10-,11-/m1/s1. The molecule has 2 atom stereocenters. The first kappa shape index (κ1) is 15.8. The summed E-state index contributed by atoms with van der Waals surface area (Å²) in [6.45, 7) is 16.5. The van der Waals surface area contributed by atoms with E-state index in [4.69, 9.17) is 0 Å². The maximum absolute atomic E-state index is 11.2. The van der Waals surface area contributed by atoms with Crippen LogP contribution in [0.4, 0.5) is 0 Å². The van der Waals surface area contributed by atoms with E-state index in [9.17, 15) is 9.59 Å². The van der Waals surface area contributed by atoms with Crippen LogP contribution in [0, 0.1) is 5.92 Å². The zero-order valence-electron chi connectivity index (χ0n) is 12.1. The Morgan fingerprint density at radius 2 is 1.31 bits per heavy atom. The van der Waals surface area contributed by atoms with Gasteiger partial charge in [-0.05, 0) is 15.6 Å². The molecule has 0 aromatic heterocycles. The van der Waals surface area contributed by atoms with Crippen molar-refractivity contribution in [2.75, 3.05) is 0 Å². The molecular formula is C13H28O2Si. The molecule has 0 saturated heterocycles. The van der Waals surface area contributed by atoms with E-state index in [0.717, 1.165) is 6.29 Å². The lowest BCUT2D eigenvalue weighted by molar-refractivity contribution is -0.110. The Labute approximate surface area is 102 Å². The van der Waals surface area contributed by atoms with Crippen molar-refractivity contribution in [3.8, 4) is 0 Å². The van der Waals surface area contributed by atoms with E-state index < -0.39 is 8.32 Å². The third-order valence-electron chi connectivity index (χ3n) is 3.95. The molecule has 0 heterocycles. The lowest BCUT2D eigenvalue weighted by atomic mass is 10.1. The predicted octanol–water partition coefficient (Wildman–Crippen LogP) is 3.75. The summed E-state index contributed by atoms with van der Waals surface area (Å²) < 4.78 is 0. The third kappa shape index (κ3) is 2.57. The number of carbonyl (C=O) groups is 1. The van der Waals surface area contributed by atoms with Crippen molar-refractivity contribution in [1.29, 1.82) is 0 Å². The van der Waals surface area contributed by atoms with Gasteiger partial charge in [-0.3, -0.25) is 0 Å². The van der Waals surface area contributed by atoms with Crippen molar-refractivity contribution in [3.63, 3.8) is 0 Å². The topological polar surface area (TPSA) is 37.3 Å². The molecule has 0 aliphatic rings. The maximum atomic E-state index is 11.2. The van der Waals surface area contributed by atoms with Gasteiger partial charge in [0.2, 0.25) is 8.32 Å². The summed E-state index contributed by atoms with van der Waals surface area (Å²) in [6.07, 6.45) is 0.972.